The second-order valence-corrected chi connectivity index (χ2v) is 12.9. The molecule has 0 aromatic heterocycles. The Balaban J connectivity index is 0.00000289. The van der Waals surface area contributed by atoms with Gasteiger partial charge in [0.05, 0.1) is 18.8 Å². The van der Waals surface area contributed by atoms with Crippen LogP contribution in [0, 0.1) is 46.3 Å². The van der Waals surface area contributed by atoms with Gasteiger partial charge in [0.25, 0.3) is 0 Å². The summed E-state index contributed by atoms with van der Waals surface area (Å²) in [4.78, 5) is 0. The van der Waals surface area contributed by atoms with Crippen molar-refractivity contribution >= 4 is 10.4 Å². The van der Waals surface area contributed by atoms with Crippen molar-refractivity contribution < 1.29 is 56.9 Å². The van der Waals surface area contributed by atoms with Gasteiger partial charge in [-0.2, -0.15) is 0 Å². The van der Waals surface area contributed by atoms with E-state index in [4.69, 9.17) is 0 Å². The van der Waals surface area contributed by atoms with Gasteiger partial charge in [-0.15, -0.1) is 0 Å². The molecule has 0 saturated heterocycles. The average Bonchev–Trinajstić information content (AvgIpc) is 3.03. The molecule has 0 aromatic carbocycles. The van der Waals surface area contributed by atoms with Crippen LogP contribution in [0.5, 0.6) is 0 Å². The van der Waals surface area contributed by atoms with Crippen molar-refractivity contribution in [3.63, 3.8) is 0 Å². The standard InChI is InChI=1S/C24H42O6S.Na/c1-15(5-4-12-30-31(27,28)29)18-6-7-19-22-20(9-11-24(18,19)3)23(2)10-8-17(25)13-16(23)14-21(22)26;/h15-22,25-26H,4-14H2,1-3H3,(H,27,28,29);/q;+1/p-1/t15-,16+,17+,18-,19+,20+,21+,22+,23+,24-;/m1./s1. The van der Waals surface area contributed by atoms with E-state index in [1.807, 2.05) is 0 Å². The minimum Gasteiger partial charge on any atom is -0.726 e. The van der Waals surface area contributed by atoms with Gasteiger partial charge in [0, 0.05) is 0 Å². The predicted molar refractivity (Wildman–Crippen MR) is 117 cm³/mol. The molecule has 8 heteroatoms. The van der Waals surface area contributed by atoms with Gasteiger partial charge in [0.15, 0.2) is 0 Å². The zero-order valence-electron chi connectivity index (χ0n) is 20.3. The molecule has 4 aliphatic carbocycles. The minimum absolute atomic E-state index is 0. The molecule has 2 N–H and O–H groups in total. The number of hydrogen-bond acceptors (Lipinski definition) is 6. The van der Waals surface area contributed by atoms with E-state index in [0.29, 0.717) is 41.9 Å². The van der Waals surface area contributed by atoms with E-state index in [1.165, 1.54) is 19.3 Å². The number of hydrogen-bond donors (Lipinski definition) is 2. The van der Waals surface area contributed by atoms with Gasteiger partial charge in [-0.05, 0) is 111 Å². The fraction of sp³-hybridized carbons (Fsp3) is 1.00. The van der Waals surface area contributed by atoms with Crippen molar-refractivity contribution in [2.75, 3.05) is 6.61 Å². The maximum atomic E-state index is 11.3. The maximum Gasteiger partial charge on any atom is 1.00 e. The normalized spacial score (nSPS) is 47.0. The summed E-state index contributed by atoms with van der Waals surface area (Å²) in [5, 5.41) is 21.5. The number of aliphatic hydroxyl groups excluding tert-OH is 2. The van der Waals surface area contributed by atoms with Crippen LogP contribution in [0.2, 0.25) is 0 Å². The summed E-state index contributed by atoms with van der Waals surface area (Å²) in [6, 6.07) is 0. The third-order valence-corrected chi connectivity index (χ3v) is 10.9. The molecule has 0 unspecified atom stereocenters. The van der Waals surface area contributed by atoms with Crippen LogP contribution in [-0.2, 0) is 14.6 Å². The van der Waals surface area contributed by atoms with Gasteiger partial charge in [-0.3, -0.25) is 4.18 Å². The summed E-state index contributed by atoms with van der Waals surface area (Å²) < 4.78 is 36.4. The predicted octanol–water partition coefficient (Wildman–Crippen LogP) is 0.874. The Hall–Kier alpha value is 0.790. The molecule has 0 heterocycles. The van der Waals surface area contributed by atoms with Gasteiger partial charge in [-0.1, -0.05) is 20.8 Å². The van der Waals surface area contributed by atoms with Crippen molar-refractivity contribution in [3.8, 4) is 0 Å². The van der Waals surface area contributed by atoms with Gasteiger partial charge in [-0.25, -0.2) is 8.42 Å². The van der Waals surface area contributed by atoms with E-state index in [0.717, 1.165) is 38.5 Å². The monoisotopic (exact) mass is 480 g/mol. The third-order valence-electron chi connectivity index (χ3n) is 10.4. The van der Waals surface area contributed by atoms with Crippen LogP contribution in [0.15, 0.2) is 0 Å². The molecule has 32 heavy (non-hydrogen) atoms. The first-order chi connectivity index (χ1) is 14.5. The second kappa shape index (κ2) is 10.0. The van der Waals surface area contributed by atoms with Crippen LogP contribution < -0.4 is 29.6 Å². The minimum atomic E-state index is -4.60. The molecule has 0 aliphatic heterocycles. The summed E-state index contributed by atoms with van der Waals surface area (Å²) in [5.41, 5.74) is 0.458. The van der Waals surface area contributed by atoms with Crippen LogP contribution in [0.3, 0.4) is 0 Å². The van der Waals surface area contributed by atoms with Crippen molar-refractivity contribution in [1.29, 1.82) is 0 Å². The molecule has 4 aliphatic rings. The first kappa shape index (κ1) is 27.4. The Bertz CT molecular complexity index is 762. The summed E-state index contributed by atoms with van der Waals surface area (Å²) >= 11 is 0. The zero-order valence-corrected chi connectivity index (χ0v) is 23.1. The molecule has 4 fully saturated rings. The van der Waals surface area contributed by atoms with Crippen molar-refractivity contribution in [1.82, 2.24) is 0 Å². The second-order valence-electron chi connectivity index (χ2n) is 11.8. The largest absolute Gasteiger partial charge is 1.00 e. The molecule has 4 saturated carbocycles. The van der Waals surface area contributed by atoms with Crippen molar-refractivity contribution in [3.05, 3.63) is 0 Å². The van der Waals surface area contributed by atoms with E-state index in [1.54, 1.807) is 0 Å². The Labute approximate surface area is 216 Å². The van der Waals surface area contributed by atoms with Crippen molar-refractivity contribution in [2.24, 2.45) is 46.3 Å². The first-order valence-corrected chi connectivity index (χ1v) is 13.8. The SMILES string of the molecule is C[C@H](CCCOS(=O)(=O)[O-])[C@H]1CC[C@H]2[C@@H]3[C@@H](O)C[C@@H]4C[C@@H](O)CC[C@]4(C)[C@H]3CC[C@]12C.[Na+]. The smallest absolute Gasteiger partial charge is 0.726 e. The molecular formula is C24H41NaO6S. The molecule has 0 bridgehead atoms. The van der Waals surface area contributed by atoms with Gasteiger partial charge in [0.2, 0.25) is 10.4 Å². The quantitative estimate of drug-likeness (QED) is 0.253. The fourth-order valence-electron chi connectivity index (χ4n) is 8.94. The van der Waals surface area contributed by atoms with E-state index in [-0.39, 0.29) is 59.2 Å². The summed E-state index contributed by atoms with van der Waals surface area (Å²) in [6.45, 7) is 7.10. The molecule has 0 radical (unpaired) electrons. The van der Waals surface area contributed by atoms with Crippen LogP contribution in [0.4, 0.5) is 0 Å². The summed E-state index contributed by atoms with van der Waals surface area (Å²) in [6.07, 6.45) is 9.32. The molecular weight excluding hydrogens is 439 g/mol. The molecule has 0 spiro atoms. The summed E-state index contributed by atoms with van der Waals surface area (Å²) in [5.74, 6) is 2.89. The number of fused-ring (bicyclic) bond motifs is 5. The Morgan fingerprint density at radius 2 is 1.69 bits per heavy atom. The van der Waals surface area contributed by atoms with Gasteiger partial charge >= 0.3 is 29.6 Å². The van der Waals surface area contributed by atoms with E-state index >= 15 is 0 Å². The molecule has 0 amide bonds. The Morgan fingerprint density at radius 1 is 1.03 bits per heavy atom. The summed E-state index contributed by atoms with van der Waals surface area (Å²) in [7, 11) is -4.60. The van der Waals surface area contributed by atoms with Crippen LogP contribution in [0.25, 0.3) is 0 Å². The fourth-order valence-corrected chi connectivity index (χ4v) is 9.26. The topological polar surface area (TPSA) is 107 Å². The zero-order chi connectivity index (χ0) is 22.6. The first-order valence-electron chi connectivity index (χ1n) is 12.4. The Kier molecular flexibility index (Phi) is 8.59. The Morgan fingerprint density at radius 3 is 2.38 bits per heavy atom. The average molecular weight is 481 g/mol. The van der Waals surface area contributed by atoms with Crippen LogP contribution >= 0.6 is 0 Å². The van der Waals surface area contributed by atoms with Crippen LogP contribution in [0.1, 0.15) is 85.0 Å². The molecule has 6 nitrogen and oxygen atoms in total. The molecule has 0 aromatic rings. The number of rotatable bonds is 6. The van der Waals surface area contributed by atoms with Crippen molar-refractivity contribution in [2.45, 2.75) is 97.2 Å². The van der Waals surface area contributed by atoms with Gasteiger partial charge < -0.3 is 14.8 Å². The maximum absolute atomic E-state index is 11.3. The van der Waals surface area contributed by atoms with E-state index in [9.17, 15) is 23.2 Å². The molecule has 10 atom stereocenters. The molecule has 180 valence electrons. The number of aliphatic hydroxyl groups is 2. The van der Waals surface area contributed by atoms with Crippen LogP contribution in [-0.4, -0.2) is 42.0 Å². The van der Waals surface area contributed by atoms with E-state index in [2.05, 4.69) is 25.0 Å². The van der Waals surface area contributed by atoms with Gasteiger partial charge in [0.1, 0.15) is 0 Å². The molecule has 4 rings (SSSR count). The van der Waals surface area contributed by atoms with E-state index < -0.39 is 10.4 Å². The third kappa shape index (κ3) is 5.02.